The molecule has 0 aliphatic heterocycles. The molecule has 0 heterocycles. The van der Waals surface area contributed by atoms with Crippen LogP contribution in [-0.4, -0.2) is 0 Å². The normalized spacial score (nSPS) is 12.5. The quantitative estimate of drug-likeness (QED) is 0.203. The first-order valence-corrected chi connectivity index (χ1v) is 9.60. The second kappa shape index (κ2) is 7.21. The lowest BCUT2D eigenvalue weighted by atomic mass is 10.0. The average Bonchev–Trinajstić information content (AvgIpc) is 2.41. The molecule has 1 unspecified atom stereocenters. The van der Waals surface area contributed by atoms with Crippen molar-refractivity contribution in [2.45, 2.75) is 11.2 Å². The minimum Gasteiger partial charge on any atom is -0.0835 e. The summed E-state index contributed by atoms with van der Waals surface area (Å²) >= 11 is 18.1. The Morgan fingerprint density at radius 3 is 2.11 bits per heavy atom. The second-order valence-corrected chi connectivity index (χ2v) is 8.39. The van der Waals surface area contributed by atoms with Gasteiger partial charge in [-0.25, -0.2) is 0 Å². The molecule has 19 heavy (non-hydrogen) atoms. The van der Waals surface area contributed by atoms with Crippen molar-refractivity contribution in [2.24, 2.45) is 0 Å². The first kappa shape index (κ1) is 16.2. The summed E-state index contributed by atoms with van der Waals surface area (Å²) in [5.74, 6) is 0. The van der Waals surface area contributed by atoms with Gasteiger partial charge in [0.2, 0.25) is 0 Å². The van der Waals surface area contributed by atoms with Crippen molar-refractivity contribution in [3.63, 3.8) is 0 Å². The van der Waals surface area contributed by atoms with E-state index < -0.39 is 0 Å². The molecule has 5 heteroatoms. The van der Waals surface area contributed by atoms with E-state index in [1.165, 1.54) is 11.1 Å². The third-order valence-electron chi connectivity index (χ3n) is 2.73. The van der Waals surface area contributed by atoms with Crippen molar-refractivity contribution < 1.29 is 0 Å². The van der Waals surface area contributed by atoms with Gasteiger partial charge in [-0.05, 0) is 87.3 Å². The lowest BCUT2D eigenvalue weighted by molar-refractivity contribution is 0.940. The third-order valence-corrected chi connectivity index (χ3v) is 8.24. The van der Waals surface area contributed by atoms with Gasteiger partial charge in [0.15, 0.2) is 0 Å². The highest BCUT2D eigenvalue weighted by atomic mass is 79.9. The molecule has 2 aromatic carbocycles. The second-order valence-electron chi connectivity index (χ2n) is 4.05. The van der Waals surface area contributed by atoms with Crippen LogP contribution in [0.15, 0.2) is 54.3 Å². The zero-order chi connectivity index (χ0) is 14.0. The predicted octanol–water partition coefficient (Wildman–Crippen LogP) is 7.42. The van der Waals surface area contributed by atoms with Crippen LogP contribution in [0.25, 0.3) is 0 Å². The fourth-order valence-corrected chi connectivity index (χ4v) is 5.11. The lowest BCUT2D eigenvalue weighted by Gasteiger charge is -2.15. The molecule has 0 radical (unpaired) electrons. The summed E-state index contributed by atoms with van der Waals surface area (Å²) < 4.78 is 4.15. The van der Waals surface area contributed by atoms with Crippen LogP contribution in [-0.2, 0) is 6.42 Å². The van der Waals surface area contributed by atoms with E-state index in [1.54, 1.807) is 0 Å². The van der Waals surface area contributed by atoms with Crippen molar-refractivity contribution in [3.8, 4) is 0 Å². The molecular weight excluding hydrogens is 568 g/mol. The van der Waals surface area contributed by atoms with E-state index in [0.717, 1.165) is 24.3 Å². The fourth-order valence-electron chi connectivity index (χ4n) is 1.75. The Morgan fingerprint density at radius 2 is 1.47 bits per heavy atom. The molecule has 0 fully saturated rings. The predicted molar refractivity (Wildman–Crippen MR) is 99.1 cm³/mol. The number of hydrogen-bond donors (Lipinski definition) is 0. The van der Waals surface area contributed by atoms with Crippen molar-refractivity contribution in [3.05, 3.63) is 65.4 Å². The van der Waals surface area contributed by atoms with Crippen LogP contribution in [0.2, 0.25) is 0 Å². The highest BCUT2D eigenvalue weighted by molar-refractivity contribution is 9.15. The first-order valence-electron chi connectivity index (χ1n) is 5.51. The number of hydrogen-bond acceptors (Lipinski definition) is 0. The lowest BCUT2D eigenvalue weighted by Crippen LogP contribution is -1.98. The number of halogens is 5. The van der Waals surface area contributed by atoms with Gasteiger partial charge in [0.05, 0.1) is 0 Å². The zero-order valence-electron chi connectivity index (χ0n) is 9.64. The van der Waals surface area contributed by atoms with Crippen LogP contribution in [0.4, 0.5) is 0 Å². The molecule has 2 aromatic rings. The molecule has 0 aromatic heterocycles. The van der Waals surface area contributed by atoms with Crippen molar-refractivity contribution >= 4 is 79.6 Å². The monoisotopic (exact) mass is 572 g/mol. The van der Waals surface area contributed by atoms with Gasteiger partial charge in [-0.2, -0.15) is 0 Å². The molecule has 0 saturated heterocycles. The average molecular weight is 577 g/mol. The summed E-state index contributed by atoms with van der Waals surface area (Å²) in [6.45, 7) is 0. The molecular formula is C14H9Br5. The third kappa shape index (κ3) is 3.94. The standard InChI is InChI=1S/C14H9Br5/c15-10(6-8-4-2-1-3-5-8)9-7-11(16)13(18)14(19)12(9)17/h1-5,7,10H,6H2. The van der Waals surface area contributed by atoms with Crippen molar-refractivity contribution in [1.82, 2.24) is 0 Å². The summed E-state index contributed by atoms with van der Waals surface area (Å²) in [6.07, 6.45) is 0.944. The topological polar surface area (TPSA) is 0 Å². The van der Waals surface area contributed by atoms with E-state index in [1.807, 2.05) is 6.07 Å². The van der Waals surface area contributed by atoms with Crippen LogP contribution in [0.3, 0.4) is 0 Å². The Balaban J connectivity index is 2.32. The molecule has 0 spiro atoms. The number of alkyl halides is 1. The smallest absolute Gasteiger partial charge is 0.0474 e. The van der Waals surface area contributed by atoms with E-state index >= 15 is 0 Å². The van der Waals surface area contributed by atoms with Gasteiger partial charge in [-0.1, -0.05) is 46.3 Å². The van der Waals surface area contributed by atoms with E-state index in [-0.39, 0.29) is 4.83 Å². The van der Waals surface area contributed by atoms with Crippen LogP contribution >= 0.6 is 79.6 Å². The van der Waals surface area contributed by atoms with E-state index in [4.69, 9.17) is 0 Å². The molecule has 1 atom stereocenters. The zero-order valence-corrected chi connectivity index (χ0v) is 17.6. The van der Waals surface area contributed by atoms with Gasteiger partial charge in [0.25, 0.3) is 0 Å². The van der Waals surface area contributed by atoms with Crippen LogP contribution in [0.1, 0.15) is 16.0 Å². The van der Waals surface area contributed by atoms with Crippen LogP contribution < -0.4 is 0 Å². The summed E-state index contributed by atoms with van der Waals surface area (Å²) in [6, 6.07) is 12.6. The summed E-state index contributed by atoms with van der Waals surface area (Å²) in [5, 5.41) is 0. The van der Waals surface area contributed by atoms with Crippen LogP contribution in [0, 0.1) is 0 Å². The van der Waals surface area contributed by atoms with E-state index in [2.05, 4.69) is 110 Å². The van der Waals surface area contributed by atoms with Gasteiger partial charge >= 0.3 is 0 Å². The van der Waals surface area contributed by atoms with Gasteiger partial charge in [-0.15, -0.1) is 0 Å². The molecule has 0 amide bonds. The van der Waals surface area contributed by atoms with Crippen LogP contribution in [0.5, 0.6) is 0 Å². The minimum atomic E-state index is 0.255. The van der Waals surface area contributed by atoms with Crippen molar-refractivity contribution in [2.75, 3.05) is 0 Å². The Hall–Kier alpha value is 0.840. The molecule has 0 aliphatic carbocycles. The number of benzene rings is 2. The van der Waals surface area contributed by atoms with Gasteiger partial charge in [0.1, 0.15) is 0 Å². The van der Waals surface area contributed by atoms with Gasteiger partial charge in [-0.3, -0.25) is 0 Å². The Bertz CT molecular complexity index is 580. The molecule has 0 N–H and O–H groups in total. The fraction of sp³-hybridized carbons (Fsp3) is 0.143. The highest BCUT2D eigenvalue weighted by Gasteiger charge is 2.17. The number of rotatable bonds is 3. The molecule has 0 nitrogen and oxygen atoms in total. The molecule has 0 saturated carbocycles. The Labute approximate surface area is 155 Å². The summed E-state index contributed by atoms with van der Waals surface area (Å²) in [7, 11) is 0. The maximum atomic E-state index is 3.78. The highest BCUT2D eigenvalue weighted by Crippen LogP contribution is 2.43. The van der Waals surface area contributed by atoms with Gasteiger partial charge < -0.3 is 0 Å². The Morgan fingerprint density at radius 1 is 0.842 bits per heavy atom. The van der Waals surface area contributed by atoms with Crippen molar-refractivity contribution in [1.29, 1.82) is 0 Å². The minimum absolute atomic E-state index is 0.255. The largest absolute Gasteiger partial charge is 0.0835 e. The SMILES string of the molecule is Brc1cc(C(Br)Cc2ccccc2)c(Br)c(Br)c1Br. The maximum Gasteiger partial charge on any atom is 0.0474 e. The summed E-state index contributed by atoms with van der Waals surface area (Å²) in [4.78, 5) is 0.255. The van der Waals surface area contributed by atoms with E-state index in [0.29, 0.717) is 0 Å². The summed E-state index contributed by atoms with van der Waals surface area (Å²) in [5.41, 5.74) is 2.53. The van der Waals surface area contributed by atoms with E-state index in [9.17, 15) is 0 Å². The first-order chi connectivity index (χ1) is 9.00. The molecule has 0 bridgehead atoms. The Kier molecular flexibility index (Phi) is 6.15. The molecule has 2 rings (SSSR count). The van der Waals surface area contributed by atoms with Gasteiger partial charge in [0, 0.05) is 22.7 Å². The molecule has 0 aliphatic rings. The molecule has 100 valence electrons. The maximum absolute atomic E-state index is 3.78.